The highest BCUT2D eigenvalue weighted by Gasteiger charge is 2.31. The Labute approximate surface area is 173 Å². The summed E-state index contributed by atoms with van der Waals surface area (Å²) < 4.78 is 12.2. The lowest BCUT2D eigenvalue weighted by atomic mass is 10.0. The monoisotopic (exact) mass is 396 g/mol. The average Bonchev–Trinajstić information content (AvgIpc) is 2.78. The van der Waals surface area contributed by atoms with E-state index in [-0.39, 0.29) is 12.0 Å². The number of carbonyl (C=O) groups excluding carboxylic acids is 1. The van der Waals surface area contributed by atoms with Crippen LogP contribution in [-0.2, 0) is 16.0 Å². The van der Waals surface area contributed by atoms with Crippen LogP contribution in [0.15, 0.2) is 54.6 Å². The maximum absolute atomic E-state index is 13.4. The van der Waals surface area contributed by atoms with Crippen molar-refractivity contribution < 1.29 is 14.3 Å². The molecule has 29 heavy (non-hydrogen) atoms. The van der Waals surface area contributed by atoms with E-state index in [1.54, 1.807) is 0 Å². The van der Waals surface area contributed by atoms with Crippen LogP contribution in [0.4, 0.5) is 0 Å². The maximum atomic E-state index is 13.4. The van der Waals surface area contributed by atoms with Gasteiger partial charge in [0, 0.05) is 25.3 Å². The van der Waals surface area contributed by atoms with Crippen LogP contribution in [0, 0.1) is 0 Å². The summed E-state index contributed by atoms with van der Waals surface area (Å²) in [6.45, 7) is 4.81. The van der Waals surface area contributed by atoms with Gasteiger partial charge < -0.3 is 20.1 Å². The Balaban J connectivity index is 1.71. The van der Waals surface area contributed by atoms with Crippen molar-refractivity contribution in [2.75, 3.05) is 26.2 Å². The topological polar surface area (TPSA) is 64.8 Å². The molecule has 1 atom stereocenters. The number of nitrogens with two attached hydrogens (primary N) is 1. The van der Waals surface area contributed by atoms with E-state index >= 15 is 0 Å². The van der Waals surface area contributed by atoms with E-state index in [2.05, 4.69) is 6.92 Å². The number of aryl methyl sites for hydroxylation is 1. The molecular formula is C24H32N2O3. The van der Waals surface area contributed by atoms with Gasteiger partial charge in [-0.3, -0.25) is 4.79 Å². The van der Waals surface area contributed by atoms with Gasteiger partial charge in [-0.1, -0.05) is 55.5 Å². The summed E-state index contributed by atoms with van der Waals surface area (Å²) in [4.78, 5) is 15.3. The summed E-state index contributed by atoms with van der Waals surface area (Å²) in [5.41, 5.74) is 7.52. The third-order valence-electron chi connectivity index (χ3n) is 5.38. The van der Waals surface area contributed by atoms with E-state index in [1.807, 2.05) is 59.5 Å². The van der Waals surface area contributed by atoms with Crippen LogP contribution in [0.2, 0.25) is 0 Å². The summed E-state index contributed by atoms with van der Waals surface area (Å²) >= 11 is 0. The molecule has 2 N–H and O–H groups in total. The summed E-state index contributed by atoms with van der Waals surface area (Å²) in [7, 11) is 0. The largest absolute Gasteiger partial charge is 0.476 e. The second-order valence-electron chi connectivity index (χ2n) is 7.41. The molecule has 1 amide bonds. The molecule has 156 valence electrons. The summed E-state index contributed by atoms with van der Waals surface area (Å²) in [6.07, 6.45) is 3.01. The minimum atomic E-state index is -0.640. The smallest absolute Gasteiger partial charge is 0.268 e. The zero-order valence-electron chi connectivity index (χ0n) is 17.3. The molecule has 1 unspecified atom stereocenters. The first-order chi connectivity index (χ1) is 14.2. The second kappa shape index (κ2) is 11.0. The minimum absolute atomic E-state index is 0.0162. The van der Waals surface area contributed by atoms with Crippen molar-refractivity contribution in [2.45, 2.75) is 44.8 Å². The van der Waals surface area contributed by atoms with Gasteiger partial charge in [0.05, 0.1) is 6.10 Å². The number of amides is 1. The Morgan fingerprint density at radius 1 is 1.10 bits per heavy atom. The number of nitrogens with zero attached hydrogens (tertiary/aromatic N) is 1. The Morgan fingerprint density at radius 3 is 2.48 bits per heavy atom. The number of benzene rings is 2. The normalized spacial score (nSPS) is 15.9. The van der Waals surface area contributed by atoms with Gasteiger partial charge in [-0.25, -0.2) is 0 Å². The standard InChI is InChI=1S/C24H32N2O3/c1-2-19-9-6-7-12-22(19)29-23(20-10-4-3-5-11-20)24(27)26-16-13-21(14-17-26)28-18-8-15-25/h3-7,9-12,21,23H,2,8,13-18,25H2,1H3. The van der Waals surface area contributed by atoms with Crippen molar-refractivity contribution in [1.29, 1.82) is 0 Å². The molecule has 1 aliphatic rings. The van der Waals surface area contributed by atoms with Crippen molar-refractivity contribution in [3.8, 4) is 5.75 Å². The Morgan fingerprint density at radius 2 is 1.79 bits per heavy atom. The zero-order valence-corrected chi connectivity index (χ0v) is 17.3. The van der Waals surface area contributed by atoms with Crippen molar-refractivity contribution in [2.24, 2.45) is 5.73 Å². The highest BCUT2D eigenvalue weighted by atomic mass is 16.5. The van der Waals surface area contributed by atoms with Crippen LogP contribution in [0.5, 0.6) is 5.75 Å². The first kappa shape index (κ1) is 21.3. The molecule has 5 heteroatoms. The molecule has 1 fully saturated rings. The van der Waals surface area contributed by atoms with Gasteiger partial charge >= 0.3 is 0 Å². The fourth-order valence-electron chi connectivity index (χ4n) is 3.67. The van der Waals surface area contributed by atoms with Gasteiger partial charge in [0.1, 0.15) is 5.75 Å². The predicted molar refractivity (Wildman–Crippen MR) is 115 cm³/mol. The number of para-hydroxylation sites is 1. The van der Waals surface area contributed by atoms with E-state index < -0.39 is 6.10 Å². The highest BCUT2D eigenvalue weighted by molar-refractivity contribution is 5.83. The fraction of sp³-hybridized carbons (Fsp3) is 0.458. The Kier molecular flexibility index (Phi) is 8.08. The molecule has 1 saturated heterocycles. The lowest BCUT2D eigenvalue weighted by Gasteiger charge is -2.34. The van der Waals surface area contributed by atoms with E-state index in [1.165, 1.54) is 0 Å². The van der Waals surface area contributed by atoms with Crippen LogP contribution in [0.3, 0.4) is 0 Å². The second-order valence-corrected chi connectivity index (χ2v) is 7.41. The van der Waals surface area contributed by atoms with Crippen molar-refractivity contribution in [3.05, 3.63) is 65.7 Å². The molecule has 0 radical (unpaired) electrons. The number of ether oxygens (including phenoxy) is 2. The van der Waals surface area contributed by atoms with Crippen molar-refractivity contribution >= 4 is 5.91 Å². The molecule has 0 spiro atoms. The molecule has 1 aliphatic heterocycles. The van der Waals surface area contributed by atoms with Gasteiger partial charge in [-0.2, -0.15) is 0 Å². The average molecular weight is 397 g/mol. The van der Waals surface area contributed by atoms with E-state index in [0.29, 0.717) is 26.2 Å². The van der Waals surface area contributed by atoms with Crippen LogP contribution in [-0.4, -0.2) is 43.2 Å². The molecule has 0 aliphatic carbocycles. The number of likely N-dealkylation sites (tertiary alicyclic amines) is 1. The molecule has 0 aromatic heterocycles. The SMILES string of the molecule is CCc1ccccc1OC(C(=O)N1CCC(OCCCN)CC1)c1ccccc1. The fourth-order valence-corrected chi connectivity index (χ4v) is 3.67. The number of rotatable bonds is 9. The van der Waals surface area contributed by atoms with Gasteiger partial charge in [-0.05, 0) is 43.9 Å². The van der Waals surface area contributed by atoms with Gasteiger partial charge in [0.15, 0.2) is 0 Å². The van der Waals surface area contributed by atoms with Crippen LogP contribution in [0.25, 0.3) is 0 Å². The molecule has 0 saturated carbocycles. The number of piperidine rings is 1. The third-order valence-corrected chi connectivity index (χ3v) is 5.38. The number of hydrogen-bond acceptors (Lipinski definition) is 4. The van der Waals surface area contributed by atoms with Gasteiger partial charge in [0.25, 0.3) is 5.91 Å². The highest BCUT2D eigenvalue weighted by Crippen LogP contribution is 2.28. The molecule has 2 aromatic rings. The maximum Gasteiger partial charge on any atom is 0.268 e. The first-order valence-electron chi connectivity index (χ1n) is 10.6. The molecule has 2 aromatic carbocycles. The van der Waals surface area contributed by atoms with Gasteiger partial charge in [0.2, 0.25) is 6.10 Å². The first-order valence-corrected chi connectivity index (χ1v) is 10.6. The Bertz CT molecular complexity index is 758. The lowest BCUT2D eigenvalue weighted by molar-refractivity contribution is -0.141. The zero-order chi connectivity index (χ0) is 20.5. The van der Waals surface area contributed by atoms with E-state index in [4.69, 9.17) is 15.2 Å². The molecular weight excluding hydrogens is 364 g/mol. The Hall–Kier alpha value is -2.37. The lowest BCUT2D eigenvalue weighted by Crippen LogP contribution is -2.44. The van der Waals surface area contributed by atoms with Crippen molar-refractivity contribution in [1.82, 2.24) is 4.90 Å². The van der Waals surface area contributed by atoms with Crippen LogP contribution >= 0.6 is 0 Å². The predicted octanol–water partition coefficient (Wildman–Crippen LogP) is 3.73. The molecule has 5 nitrogen and oxygen atoms in total. The summed E-state index contributed by atoms with van der Waals surface area (Å²) in [5, 5.41) is 0. The summed E-state index contributed by atoms with van der Waals surface area (Å²) in [6, 6.07) is 17.7. The van der Waals surface area contributed by atoms with Crippen molar-refractivity contribution in [3.63, 3.8) is 0 Å². The van der Waals surface area contributed by atoms with Gasteiger partial charge in [-0.15, -0.1) is 0 Å². The molecule has 3 rings (SSSR count). The third kappa shape index (κ3) is 5.81. The summed E-state index contributed by atoms with van der Waals surface area (Å²) in [5.74, 6) is 0.791. The molecule has 1 heterocycles. The number of carbonyl (C=O) groups is 1. The molecule has 0 bridgehead atoms. The van der Waals surface area contributed by atoms with E-state index in [9.17, 15) is 4.79 Å². The minimum Gasteiger partial charge on any atom is -0.476 e. The number of hydrogen-bond donors (Lipinski definition) is 1. The quantitative estimate of drug-likeness (QED) is 0.656. The van der Waals surface area contributed by atoms with Crippen LogP contribution < -0.4 is 10.5 Å². The van der Waals surface area contributed by atoms with Crippen LogP contribution in [0.1, 0.15) is 43.4 Å². The van der Waals surface area contributed by atoms with E-state index in [0.717, 1.165) is 42.6 Å².